The molecule has 0 saturated carbocycles. The first-order valence-electron chi connectivity index (χ1n) is 9.56. The summed E-state index contributed by atoms with van der Waals surface area (Å²) < 4.78 is 18.7. The smallest absolute Gasteiger partial charge is 0.501 e. The molecular weight excluding hydrogens is 362 g/mol. The minimum atomic E-state index is -2.58. The second kappa shape index (κ2) is 16.4. The van der Waals surface area contributed by atoms with Crippen LogP contribution in [0.3, 0.4) is 0 Å². The molecule has 0 saturated heterocycles. The van der Waals surface area contributed by atoms with E-state index in [0.717, 1.165) is 56.0 Å². The standard InChI is InChI=1S/C17H40NO5Si.ClH/c1-5-18(12-9-15-19,13-10-16-20)14-11-17-24(21-6-2,22-7-3)23-8-4;/h19-20H,5-17H2,1-4H3;1H/q+1;/p-1. The zero-order valence-corrected chi connectivity index (χ0v) is 18.4. The first-order valence-corrected chi connectivity index (χ1v) is 11.5. The summed E-state index contributed by atoms with van der Waals surface area (Å²) in [6.45, 7) is 14.3. The zero-order valence-electron chi connectivity index (χ0n) is 16.6. The van der Waals surface area contributed by atoms with Crippen molar-refractivity contribution in [2.45, 2.75) is 53.0 Å². The van der Waals surface area contributed by atoms with Crippen molar-refractivity contribution in [1.82, 2.24) is 0 Å². The molecule has 0 aliphatic carbocycles. The Hall–Kier alpha value is 0.267. The molecule has 0 amide bonds. The van der Waals surface area contributed by atoms with Gasteiger partial charge < -0.3 is 40.4 Å². The number of aliphatic hydroxyl groups is 2. The molecule has 0 aromatic rings. The van der Waals surface area contributed by atoms with Gasteiger partial charge in [-0.25, -0.2) is 0 Å². The summed E-state index contributed by atoms with van der Waals surface area (Å²) in [6.07, 6.45) is 2.56. The van der Waals surface area contributed by atoms with E-state index in [9.17, 15) is 10.2 Å². The minimum absolute atomic E-state index is 0. The van der Waals surface area contributed by atoms with Gasteiger partial charge in [0.2, 0.25) is 0 Å². The summed E-state index contributed by atoms with van der Waals surface area (Å²) in [4.78, 5) is 0. The molecule has 0 aliphatic rings. The highest BCUT2D eigenvalue weighted by atomic mass is 35.5. The van der Waals surface area contributed by atoms with Gasteiger partial charge in [-0.3, -0.25) is 0 Å². The molecule has 25 heavy (non-hydrogen) atoms. The summed E-state index contributed by atoms with van der Waals surface area (Å²) in [5.41, 5.74) is 0. The number of aliphatic hydroxyl groups excluding tert-OH is 2. The van der Waals surface area contributed by atoms with E-state index < -0.39 is 8.80 Å². The van der Waals surface area contributed by atoms with Gasteiger partial charge in [0.15, 0.2) is 0 Å². The van der Waals surface area contributed by atoms with Crippen LogP contribution in [-0.2, 0) is 13.3 Å². The van der Waals surface area contributed by atoms with Crippen LogP contribution < -0.4 is 12.4 Å². The van der Waals surface area contributed by atoms with Gasteiger partial charge in [0.1, 0.15) is 0 Å². The highest BCUT2D eigenvalue weighted by molar-refractivity contribution is 6.60. The Morgan fingerprint density at radius 3 is 1.44 bits per heavy atom. The van der Waals surface area contributed by atoms with Crippen LogP contribution >= 0.6 is 0 Å². The monoisotopic (exact) mass is 401 g/mol. The lowest BCUT2D eigenvalue weighted by molar-refractivity contribution is -0.927. The Kier molecular flexibility index (Phi) is 18.1. The average molecular weight is 402 g/mol. The Bertz CT molecular complexity index is 275. The molecule has 0 fully saturated rings. The molecule has 0 spiro atoms. The van der Waals surface area contributed by atoms with Gasteiger partial charge in [-0.2, -0.15) is 0 Å². The fraction of sp³-hybridized carbons (Fsp3) is 1.00. The second-order valence-corrected chi connectivity index (χ2v) is 8.80. The van der Waals surface area contributed by atoms with Crippen LogP contribution in [0.4, 0.5) is 0 Å². The van der Waals surface area contributed by atoms with Gasteiger partial charge in [-0.15, -0.1) is 0 Å². The molecule has 0 bridgehead atoms. The quantitative estimate of drug-likeness (QED) is 0.242. The molecule has 0 aromatic carbocycles. The molecule has 0 radical (unpaired) electrons. The van der Waals surface area contributed by atoms with Crippen molar-refractivity contribution in [2.75, 3.05) is 59.2 Å². The van der Waals surface area contributed by atoms with Crippen LogP contribution in [-0.4, -0.2) is 82.7 Å². The maximum absolute atomic E-state index is 9.20. The second-order valence-electron chi connectivity index (χ2n) is 6.07. The van der Waals surface area contributed by atoms with Gasteiger partial charge in [-0.05, 0) is 27.7 Å². The van der Waals surface area contributed by atoms with E-state index in [-0.39, 0.29) is 25.6 Å². The number of quaternary nitrogens is 1. The van der Waals surface area contributed by atoms with E-state index >= 15 is 0 Å². The van der Waals surface area contributed by atoms with E-state index in [1.54, 1.807) is 0 Å². The Morgan fingerprint density at radius 1 is 0.720 bits per heavy atom. The lowest BCUT2D eigenvalue weighted by atomic mass is 10.2. The van der Waals surface area contributed by atoms with Crippen LogP contribution in [0.2, 0.25) is 6.04 Å². The SMILES string of the molecule is CCO[Si](CCC[N+](CC)(CCCO)CCCO)(OCC)OCC.[Cl-]. The predicted octanol–water partition coefficient (Wildman–Crippen LogP) is -0.970. The van der Waals surface area contributed by atoms with Crippen molar-refractivity contribution in [3.8, 4) is 0 Å². The summed E-state index contributed by atoms with van der Waals surface area (Å²) >= 11 is 0. The van der Waals surface area contributed by atoms with Crippen molar-refractivity contribution < 1.29 is 40.4 Å². The molecule has 154 valence electrons. The fourth-order valence-corrected chi connectivity index (χ4v) is 5.85. The molecule has 0 heterocycles. The van der Waals surface area contributed by atoms with Crippen molar-refractivity contribution in [3.05, 3.63) is 0 Å². The lowest BCUT2D eigenvalue weighted by Crippen LogP contribution is -3.00. The Labute approximate surface area is 161 Å². The lowest BCUT2D eigenvalue weighted by Gasteiger charge is -2.39. The summed E-state index contributed by atoms with van der Waals surface area (Å²) in [5.74, 6) is 0. The van der Waals surface area contributed by atoms with Crippen molar-refractivity contribution >= 4 is 8.80 Å². The molecule has 0 rings (SSSR count). The number of rotatable bonds is 17. The normalized spacial score (nSPS) is 12.2. The molecule has 0 aromatic heterocycles. The maximum atomic E-state index is 9.20. The van der Waals surface area contributed by atoms with Crippen molar-refractivity contribution in [2.24, 2.45) is 0 Å². The molecule has 0 unspecified atom stereocenters. The van der Waals surface area contributed by atoms with Crippen molar-refractivity contribution in [3.63, 3.8) is 0 Å². The third-order valence-electron chi connectivity index (χ3n) is 4.46. The van der Waals surface area contributed by atoms with Gasteiger partial charge in [0.25, 0.3) is 0 Å². The van der Waals surface area contributed by atoms with E-state index in [0.29, 0.717) is 19.8 Å². The molecule has 2 N–H and O–H groups in total. The van der Waals surface area contributed by atoms with Crippen LogP contribution in [0.15, 0.2) is 0 Å². The number of hydrogen-bond acceptors (Lipinski definition) is 5. The zero-order chi connectivity index (χ0) is 18.3. The fourth-order valence-electron chi connectivity index (χ4n) is 3.25. The molecule has 0 aliphatic heterocycles. The number of halogens is 1. The largest absolute Gasteiger partial charge is 1.00 e. The molecular formula is C17H40ClNO5Si. The van der Waals surface area contributed by atoms with E-state index in [4.69, 9.17) is 13.3 Å². The van der Waals surface area contributed by atoms with Gasteiger partial charge in [0.05, 0.1) is 26.2 Å². The Balaban J connectivity index is 0. The summed E-state index contributed by atoms with van der Waals surface area (Å²) in [6, 6.07) is 0.820. The summed E-state index contributed by atoms with van der Waals surface area (Å²) in [7, 11) is -2.58. The van der Waals surface area contributed by atoms with Crippen LogP contribution in [0.25, 0.3) is 0 Å². The average Bonchev–Trinajstić information content (AvgIpc) is 2.58. The highest BCUT2D eigenvalue weighted by Crippen LogP contribution is 2.21. The van der Waals surface area contributed by atoms with Gasteiger partial charge in [0, 0.05) is 58.3 Å². The van der Waals surface area contributed by atoms with E-state index in [2.05, 4.69) is 6.92 Å². The van der Waals surface area contributed by atoms with Gasteiger partial charge in [-0.1, -0.05) is 0 Å². The van der Waals surface area contributed by atoms with Crippen LogP contribution in [0.1, 0.15) is 47.0 Å². The number of nitrogens with zero attached hydrogens (tertiary/aromatic N) is 1. The van der Waals surface area contributed by atoms with E-state index in [1.807, 2.05) is 20.8 Å². The Morgan fingerprint density at radius 2 is 1.12 bits per heavy atom. The maximum Gasteiger partial charge on any atom is 0.501 e. The molecule has 6 nitrogen and oxygen atoms in total. The third kappa shape index (κ3) is 10.9. The predicted molar refractivity (Wildman–Crippen MR) is 98.9 cm³/mol. The van der Waals surface area contributed by atoms with Gasteiger partial charge >= 0.3 is 8.80 Å². The third-order valence-corrected chi connectivity index (χ3v) is 7.61. The first kappa shape index (κ1) is 27.5. The minimum Gasteiger partial charge on any atom is -1.00 e. The van der Waals surface area contributed by atoms with E-state index in [1.165, 1.54) is 0 Å². The molecule has 0 atom stereocenters. The first-order chi connectivity index (χ1) is 11.6. The highest BCUT2D eigenvalue weighted by Gasteiger charge is 2.40. The van der Waals surface area contributed by atoms with Crippen LogP contribution in [0, 0.1) is 0 Å². The number of hydrogen-bond donors (Lipinski definition) is 2. The van der Waals surface area contributed by atoms with Crippen molar-refractivity contribution in [1.29, 1.82) is 0 Å². The summed E-state index contributed by atoms with van der Waals surface area (Å²) in [5, 5.41) is 18.4. The molecule has 8 heteroatoms. The topological polar surface area (TPSA) is 68.2 Å². The van der Waals surface area contributed by atoms with Crippen LogP contribution in [0.5, 0.6) is 0 Å².